The van der Waals surface area contributed by atoms with Gasteiger partial charge in [-0.2, -0.15) is 0 Å². The molecule has 9 heteroatoms. The molecule has 0 spiro atoms. The van der Waals surface area contributed by atoms with Crippen molar-refractivity contribution in [2.24, 2.45) is 0 Å². The van der Waals surface area contributed by atoms with Crippen LogP contribution in [0.25, 0.3) is 0 Å². The molecule has 0 radical (unpaired) electrons. The van der Waals surface area contributed by atoms with Crippen LogP contribution in [0.4, 0.5) is 11.4 Å². The van der Waals surface area contributed by atoms with Crippen molar-refractivity contribution in [1.29, 1.82) is 0 Å². The van der Waals surface area contributed by atoms with Gasteiger partial charge in [0.25, 0.3) is 5.91 Å². The molecule has 34 heavy (non-hydrogen) atoms. The standard InChI is InChI=1S/C25H24Cl2N2O4S/c1-4-22(24(30)29-18-12-15(26)11-16(27)13-18)34-19-8-5-7-17(14-19)28-25(31)23-20(32-2)9-6-10-21(23)33-3/h5-14,22H,4H2,1-3H3,(H,28,31)(H,29,30). The Kier molecular flexibility index (Phi) is 9.10. The lowest BCUT2D eigenvalue weighted by molar-refractivity contribution is -0.115. The third kappa shape index (κ3) is 6.59. The summed E-state index contributed by atoms with van der Waals surface area (Å²) in [5, 5.41) is 6.26. The maximum Gasteiger partial charge on any atom is 0.263 e. The highest BCUT2D eigenvalue weighted by Crippen LogP contribution is 2.32. The summed E-state index contributed by atoms with van der Waals surface area (Å²) in [5.41, 5.74) is 1.42. The SMILES string of the molecule is CCC(Sc1cccc(NC(=O)c2c(OC)cccc2OC)c1)C(=O)Nc1cc(Cl)cc(Cl)c1. The zero-order chi connectivity index (χ0) is 24.7. The summed E-state index contributed by atoms with van der Waals surface area (Å²) in [7, 11) is 2.99. The van der Waals surface area contributed by atoms with E-state index in [0.717, 1.165) is 4.90 Å². The van der Waals surface area contributed by atoms with Crippen molar-refractivity contribution in [2.75, 3.05) is 24.9 Å². The molecule has 0 bridgehead atoms. The molecule has 0 aromatic heterocycles. The molecular formula is C25H24Cl2N2O4S. The Balaban J connectivity index is 1.73. The zero-order valence-corrected chi connectivity index (χ0v) is 21.2. The summed E-state index contributed by atoms with van der Waals surface area (Å²) in [6.45, 7) is 1.93. The molecule has 3 rings (SSSR count). The van der Waals surface area contributed by atoms with Crippen molar-refractivity contribution in [2.45, 2.75) is 23.5 Å². The van der Waals surface area contributed by atoms with E-state index >= 15 is 0 Å². The second-order valence-corrected chi connectivity index (χ2v) is 9.33. The summed E-state index contributed by atoms with van der Waals surface area (Å²) in [4.78, 5) is 26.6. The number of methoxy groups -OCH3 is 2. The van der Waals surface area contributed by atoms with E-state index in [1.807, 2.05) is 25.1 Å². The fraction of sp³-hybridized carbons (Fsp3) is 0.200. The number of benzene rings is 3. The van der Waals surface area contributed by atoms with E-state index in [9.17, 15) is 9.59 Å². The van der Waals surface area contributed by atoms with Crippen LogP contribution in [0.15, 0.2) is 65.6 Å². The maximum atomic E-state index is 13.0. The summed E-state index contributed by atoms with van der Waals surface area (Å²) in [6.07, 6.45) is 0.597. The molecular weight excluding hydrogens is 495 g/mol. The number of hydrogen-bond donors (Lipinski definition) is 2. The Morgan fingerprint density at radius 3 is 2.09 bits per heavy atom. The molecule has 2 amide bonds. The average Bonchev–Trinajstić information content (AvgIpc) is 2.81. The minimum atomic E-state index is -0.363. The predicted molar refractivity (Wildman–Crippen MR) is 139 cm³/mol. The Morgan fingerprint density at radius 1 is 0.882 bits per heavy atom. The largest absolute Gasteiger partial charge is 0.496 e. The van der Waals surface area contributed by atoms with Gasteiger partial charge in [0, 0.05) is 26.3 Å². The maximum absolute atomic E-state index is 13.0. The second kappa shape index (κ2) is 12.0. The van der Waals surface area contributed by atoms with E-state index < -0.39 is 0 Å². The molecule has 178 valence electrons. The molecule has 0 fully saturated rings. The molecule has 0 saturated carbocycles. The van der Waals surface area contributed by atoms with Crippen LogP contribution in [0, 0.1) is 0 Å². The second-order valence-electron chi connectivity index (χ2n) is 7.18. The number of hydrogen-bond acceptors (Lipinski definition) is 5. The number of amides is 2. The number of carbonyl (C=O) groups is 2. The Bertz CT molecular complexity index is 1150. The molecule has 6 nitrogen and oxygen atoms in total. The van der Waals surface area contributed by atoms with Crippen LogP contribution in [0.1, 0.15) is 23.7 Å². The summed E-state index contributed by atoms with van der Waals surface area (Å²) in [5.74, 6) is 0.288. The molecule has 0 aliphatic carbocycles. The summed E-state index contributed by atoms with van der Waals surface area (Å²) < 4.78 is 10.6. The smallest absolute Gasteiger partial charge is 0.263 e. The van der Waals surface area contributed by atoms with Gasteiger partial charge in [0.15, 0.2) is 0 Å². The van der Waals surface area contributed by atoms with Crippen LogP contribution in [0.5, 0.6) is 11.5 Å². The van der Waals surface area contributed by atoms with Crippen LogP contribution < -0.4 is 20.1 Å². The van der Waals surface area contributed by atoms with Crippen molar-refractivity contribution in [3.8, 4) is 11.5 Å². The number of thioether (sulfide) groups is 1. The van der Waals surface area contributed by atoms with Gasteiger partial charge in [-0.1, -0.05) is 42.3 Å². The predicted octanol–water partition coefficient (Wildman–Crippen LogP) is 6.77. The Hall–Kier alpha value is -2.87. The highest BCUT2D eigenvalue weighted by molar-refractivity contribution is 8.00. The average molecular weight is 519 g/mol. The van der Waals surface area contributed by atoms with Gasteiger partial charge in [0.05, 0.1) is 19.5 Å². The van der Waals surface area contributed by atoms with Crippen LogP contribution >= 0.6 is 35.0 Å². The van der Waals surface area contributed by atoms with Crippen molar-refractivity contribution in [3.63, 3.8) is 0 Å². The van der Waals surface area contributed by atoms with Gasteiger partial charge in [-0.3, -0.25) is 9.59 Å². The van der Waals surface area contributed by atoms with Gasteiger partial charge < -0.3 is 20.1 Å². The number of anilines is 2. The van der Waals surface area contributed by atoms with E-state index in [2.05, 4.69) is 10.6 Å². The zero-order valence-electron chi connectivity index (χ0n) is 18.9. The lowest BCUT2D eigenvalue weighted by atomic mass is 10.1. The van der Waals surface area contributed by atoms with Crippen molar-refractivity contribution in [1.82, 2.24) is 0 Å². The van der Waals surface area contributed by atoms with Crippen molar-refractivity contribution < 1.29 is 19.1 Å². The topological polar surface area (TPSA) is 76.7 Å². The van der Waals surface area contributed by atoms with Gasteiger partial charge in [0.2, 0.25) is 5.91 Å². The molecule has 2 N–H and O–H groups in total. The van der Waals surface area contributed by atoms with Crippen LogP contribution in [0.3, 0.4) is 0 Å². The normalized spacial score (nSPS) is 11.4. The number of rotatable bonds is 9. The minimum Gasteiger partial charge on any atom is -0.496 e. The first kappa shape index (κ1) is 25.7. The van der Waals surface area contributed by atoms with Gasteiger partial charge in [-0.15, -0.1) is 11.8 Å². The quantitative estimate of drug-likeness (QED) is 0.305. The van der Waals surface area contributed by atoms with Crippen LogP contribution in [-0.2, 0) is 4.79 Å². The lowest BCUT2D eigenvalue weighted by Crippen LogP contribution is -2.24. The first-order chi connectivity index (χ1) is 16.3. The molecule has 0 heterocycles. The van der Waals surface area contributed by atoms with E-state index in [-0.39, 0.29) is 17.1 Å². The van der Waals surface area contributed by atoms with Gasteiger partial charge in [-0.25, -0.2) is 0 Å². The molecule has 0 aliphatic rings. The van der Waals surface area contributed by atoms with Crippen molar-refractivity contribution in [3.05, 3.63) is 76.3 Å². The van der Waals surface area contributed by atoms with Gasteiger partial charge >= 0.3 is 0 Å². The Labute approximate surface area is 212 Å². The molecule has 1 atom stereocenters. The number of ether oxygens (including phenoxy) is 2. The highest BCUT2D eigenvalue weighted by Gasteiger charge is 2.20. The monoisotopic (exact) mass is 518 g/mol. The highest BCUT2D eigenvalue weighted by atomic mass is 35.5. The number of halogens is 2. The molecule has 3 aromatic rings. The van der Waals surface area contributed by atoms with E-state index in [4.69, 9.17) is 32.7 Å². The third-order valence-corrected chi connectivity index (χ3v) is 6.61. The van der Waals surface area contributed by atoms with Crippen LogP contribution in [0.2, 0.25) is 10.0 Å². The van der Waals surface area contributed by atoms with Gasteiger partial charge in [0.1, 0.15) is 17.1 Å². The van der Waals surface area contributed by atoms with Gasteiger partial charge in [-0.05, 0) is 55.0 Å². The van der Waals surface area contributed by atoms with Crippen LogP contribution in [-0.4, -0.2) is 31.3 Å². The fourth-order valence-electron chi connectivity index (χ4n) is 3.25. The van der Waals surface area contributed by atoms with E-state index in [0.29, 0.717) is 44.9 Å². The lowest BCUT2D eigenvalue weighted by Gasteiger charge is -2.16. The molecule has 3 aromatic carbocycles. The molecule has 0 aliphatic heterocycles. The number of carbonyl (C=O) groups excluding carboxylic acids is 2. The van der Waals surface area contributed by atoms with E-state index in [1.165, 1.54) is 26.0 Å². The fourth-order valence-corrected chi connectivity index (χ4v) is 4.79. The minimum absolute atomic E-state index is 0.168. The summed E-state index contributed by atoms with van der Waals surface area (Å²) >= 11 is 13.5. The third-order valence-electron chi connectivity index (χ3n) is 4.82. The first-order valence-electron chi connectivity index (χ1n) is 10.4. The Morgan fingerprint density at radius 2 is 1.50 bits per heavy atom. The van der Waals surface area contributed by atoms with E-state index in [1.54, 1.807) is 42.5 Å². The van der Waals surface area contributed by atoms with Crippen molar-refractivity contribution >= 4 is 58.2 Å². The summed E-state index contributed by atoms with van der Waals surface area (Å²) in [6, 6.07) is 17.3. The first-order valence-corrected chi connectivity index (χ1v) is 12.0. The molecule has 0 saturated heterocycles. The molecule has 1 unspecified atom stereocenters. The number of nitrogens with one attached hydrogen (secondary N) is 2.